The molecule has 2 aromatic rings. The third-order valence-corrected chi connectivity index (χ3v) is 4.79. The molecule has 0 unspecified atom stereocenters. The van der Waals surface area contributed by atoms with E-state index in [1.165, 1.54) is 0 Å². The second kappa shape index (κ2) is 6.51. The van der Waals surface area contributed by atoms with E-state index in [9.17, 15) is 10.1 Å². The van der Waals surface area contributed by atoms with Crippen LogP contribution in [0.2, 0.25) is 0 Å². The van der Waals surface area contributed by atoms with Crippen LogP contribution < -0.4 is 10.2 Å². The van der Waals surface area contributed by atoms with Gasteiger partial charge in [0.25, 0.3) is 0 Å². The van der Waals surface area contributed by atoms with Crippen LogP contribution in [-0.2, 0) is 4.79 Å². The van der Waals surface area contributed by atoms with E-state index in [0.29, 0.717) is 36.8 Å². The number of nitrogens with zero attached hydrogens (tertiary/aromatic N) is 6. The van der Waals surface area contributed by atoms with Crippen LogP contribution in [0.3, 0.4) is 0 Å². The van der Waals surface area contributed by atoms with Gasteiger partial charge < -0.3 is 10.2 Å². The van der Waals surface area contributed by atoms with Crippen LogP contribution in [0.25, 0.3) is 0 Å². The normalized spacial score (nSPS) is 22.6. The number of carbonyl (C=O) groups is 1. The number of anilines is 1. The molecule has 1 N–H and O–H groups in total. The number of hydrogen-bond donors (Lipinski definition) is 1. The van der Waals surface area contributed by atoms with Gasteiger partial charge in [0, 0.05) is 31.9 Å². The summed E-state index contributed by atoms with van der Waals surface area (Å²) < 4.78 is 1.77. The Labute approximate surface area is 145 Å². The second-order valence-corrected chi connectivity index (χ2v) is 6.66. The number of nitrogens with one attached hydrogen (secondary N) is 1. The number of rotatable bonds is 5. The van der Waals surface area contributed by atoms with E-state index in [1.54, 1.807) is 35.4 Å². The zero-order valence-corrected chi connectivity index (χ0v) is 13.7. The Morgan fingerprint density at radius 1 is 1.36 bits per heavy atom. The Bertz CT molecular complexity index is 794. The van der Waals surface area contributed by atoms with Gasteiger partial charge in [0.1, 0.15) is 11.9 Å². The van der Waals surface area contributed by atoms with Gasteiger partial charge in [0.15, 0.2) is 0 Å². The van der Waals surface area contributed by atoms with Crippen molar-refractivity contribution < 1.29 is 4.79 Å². The van der Waals surface area contributed by atoms with E-state index < -0.39 is 0 Å². The Morgan fingerprint density at radius 2 is 2.24 bits per heavy atom. The summed E-state index contributed by atoms with van der Waals surface area (Å²) in [7, 11) is 0. The van der Waals surface area contributed by atoms with Crippen LogP contribution in [0, 0.1) is 17.2 Å². The molecule has 1 saturated carbocycles. The molecule has 1 amide bonds. The summed E-state index contributed by atoms with van der Waals surface area (Å²) in [6.45, 7) is 1.20. The topological polar surface area (TPSA) is 99.7 Å². The average Bonchev–Trinajstić information content (AvgIpc) is 3.11. The Kier molecular flexibility index (Phi) is 4.06. The summed E-state index contributed by atoms with van der Waals surface area (Å²) in [4.78, 5) is 18.7. The second-order valence-electron chi connectivity index (χ2n) is 6.66. The molecule has 1 aliphatic carbocycles. The molecule has 8 heteroatoms. The van der Waals surface area contributed by atoms with E-state index in [0.717, 1.165) is 12.8 Å². The van der Waals surface area contributed by atoms with Crippen molar-refractivity contribution in [3.8, 4) is 6.07 Å². The lowest BCUT2D eigenvalue weighted by atomic mass is 10.1. The maximum Gasteiger partial charge on any atom is 0.220 e. The van der Waals surface area contributed by atoms with E-state index in [-0.39, 0.29) is 18.0 Å². The average molecular weight is 337 g/mol. The molecule has 8 nitrogen and oxygen atoms in total. The highest BCUT2D eigenvalue weighted by Gasteiger charge is 2.37. The van der Waals surface area contributed by atoms with Crippen molar-refractivity contribution in [2.45, 2.75) is 31.3 Å². The molecule has 0 aromatic carbocycles. The van der Waals surface area contributed by atoms with Gasteiger partial charge in [-0.15, -0.1) is 5.10 Å². The highest BCUT2D eigenvalue weighted by atomic mass is 16.1. The molecule has 2 aromatic heterocycles. The molecule has 1 aliphatic heterocycles. The molecular formula is C17H19N7O. The number of aromatic nitrogens is 4. The summed E-state index contributed by atoms with van der Waals surface area (Å²) in [6, 6.07) is 5.56. The van der Waals surface area contributed by atoms with Crippen molar-refractivity contribution in [1.29, 1.82) is 5.26 Å². The summed E-state index contributed by atoms with van der Waals surface area (Å²) in [5.74, 6) is 1.28. The van der Waals surface area contributed by atoms with Crippen molar-refractivity contribution in [3.63, 3.8) is 0 Å². The first-order valence-electron chi connectivity index (χ1n) is 8.50. The largest absolute Gasteiger partial charge is 0.351 e. The molecule has 2 fully saturated rings. The van der Waals surface area contributed by atoms with Gasteiger partial charge >= 0.3 is 0 Å². The quantitative estimate of drug-likeness (QED) is 0.870. The van der Waals surface area contributed by atoms with Crippen LogP contribution in [0.1, 0.15) is 30.9 Å². The van der Waals surface area contributed by atoms with Gasteiger partial charge in [0.2, 0.25) is 5.91 Å². The summed E-state index contributed by atoms with van der Waals surface area (Å²) in [6.07, 6.45) is 8.00. The van der Waals surface area contributed by atoms with Crippen molar-refractivity contribution in [2.24, 2.45) is 5.92 Å². The van der Waals surface area contributed by atoms with Gasteiger partial charge in [-0.1, -0.05) is 5.21 Å². The minimum Gasteiger partial charge on any atom is -0.351 e. The maximum atomic E-state index is 12.3. The fourth-order valence-corrected chi connectivity index (χ4v) is 3.35. The zero-order valence-electron chi connectivity index (χ0n) is 13.7. The van der Waals surface area contributed by atoms with Crippen LogP contribution in [0.4, 0.5) is 5.82 Å². The minimum atomic E-state index is -0.0958. The van der Waals surface area contributed by atoms with Gasteiger partial charge in [-0.2, -0.15) is 5.26 Å². The van der Waals surface area contributed by atoms with E-state index in [2.05, 4.69) is 26.7 Å². The summed E-state index contributed by atoms with van der Waals surface area (Å²) in [5.41, 5.74) is 0.532. The fraction of sp³-hybridized carbons (Fsp3) is 0.471. The summed E-state index contributed by atoms with van der Waals surface area (Å²) in [5, 5.41) is 20.5. The lowest BCUT2D eigenvalue weighted by Crippen LogP contribution is -2.41. The SMILES string of the molecule is N#Cc1cccnc1N1C[C@@H](NC(=O)CC2CC2)[C@@H](n2ccnn2)C1. The zero-order chi connectivity index (χ0) is 17.2. The number of nitriles is 1. The molecule has 2 aliphatic rings. The van der Waals surface area contributed by atoms with Crippen LogP contribution in [0.15, 0.2) is 30.7 Å². The molecule has 0 bridgehead atoms. The fourth-order valence-electron chi connectivity index (χ4n) is 3.35. The van der Waals surface area contributed by atoms with Crippen LogP contribution in [0.5, 0.6) is 0 Å². The molecule has 128 valence electrons. The van der Waals surface area contributed by atoms with Crippen molar-refractivity contribution in [1.82, 2.24) is 25.3 Å². The Hall–Kier alpha value is -2.95. The van der Waals surface area contributed by atoms with Crippen molar-refractivity contribution in [2.75, 3.05) is 18.0 Å². The standard InChI is InChI=1S/C17H19N7O/c18-9-13-2-1-5-19-17(13)23-10-14(21-16(25)8-12-3-4-12)15(11-23)24-7-6-20-22-24/h1-2,5-7,12,14-15H,3-4,8,10-11H2,(H,21,25)/t14-,15+/m1/s1. The van der Waals surface area contributed by atoms with Gasteiger partial charge in [-0.25, -0.2) is 9.67 Å². The third-order valence-electron chi connectivity index (χ3n) is 4.79. The molecule has 0 radical (unpaired) electrons. The van der Waals surface area contributed by atoms with E-state index >= 15 is 0 Å². The molecule has 4 rings (SSSR count). The van der Waals surface area contributed by atoms with E-state index in [1.807, 2.05) is 4.90 Å². The smallest absolute Gasteiger partial charge is 0.220 e. The Morgan fingerprint density at radius 3 is 2.96 bits per heavy atom. The first-order valence-corrected chi connectivity index (χ1v) is 8.50. The molecule has 25 heavy (non-hydrogen) atoms. The number of amides is 1. The molecular weight excluding hydrogens is 318 g/mol. The first kappa shape index (κ1) is 15.6. The number of carbonyl (C=O) groups excluding carboxylic acids is 1. The molecule has 1 saturated heterocycles. The number of hydrogen-bond acceptors (Lipinski definition) is 6. The highest BCUT2D eigenvalue weighted by Crippen LogP contribution is 2.33. The van der Waals surface area contributed by atoms with Crippen molar-refractivity contribution in [3.05, 3.63) is 36.3 Å². The van der Waals surface area contributed by atoms with Crippen molar-refractivity contribution >= 4 is 11.7 Å². The highest BCUT2D eigenvalue weighted by molar-refractivity contribution is 5.77. The van der Waals surface area contributed by atoms with Gasteiger partial charge in [-0.05, 0) is 30.9 Å². The van der Waals surface area contributed by atoms with Gasteiger partial charge in [0.05, 0.1) is 23.8 Å². The molecule has 0 spiro atoms. The molecule has 2 atom stereocenters. The first-order chi connectivity index (χ1) is 12.2. The molecule has 3 heterocycles. The Balaban J connectivity index is 1.55. The predicted molar refractivity (Wildman–Crippen MR) is 89.5 cm³/mol. The monoisotopic (exact) mass is 337 g/mol. The number of pyridine rings is 1. The maximum absolute atomic E-state index is 12.3. The van der Waals surface area contributed by atoms with Crippen LogP contribution in [-0.4, -0.2) is 45.0 Å². The lowest BCUT2D eigenvalue weighted by molar-refractivity contribution is -0.122. The van der Waals surface area contributed by atoms with E-state index in [4.69, 9.17) is 0 Å². The third kappa shape index (κ3) is 3.31. The lowest BCUT2D eigenvalue weighted by Gasteiger charge is -2.19. The van der Waals surface area contributed by atoms with Gasteiger partial charge in [-0.3, -0.25) is 4.79 Å². The predicted octanol–water partition coefficient (Wildman–Crippen LogP) is 0.891. The van der Waals surface area contributed by atoms with Crippen LogP contribution >= 0.6 is 0 Å². The minimum absolute atomic E-state index is 0.0424. The summed E-state index contributed by atoms with van der Waals surface area (Å²) >= 11 is 0.